The Morgan fingerprint density at radius 2 is 2.17 bits per heavy atom. The summed E-state index contributed by atoms with van der Waals surface area (Å²) in [6.07, 6.45) is 3.55. The third-order valence-corrected chi connectivity index (χ3v) is 7.17. The number of amides is 1. The lowest BCUT2D eigenvalue weighted by Gasteiger charge is -2.39. The minimum Gasteiger partial charge on any atom is -0.482 e. The third kappa shape index (κ3) is 2.89. The van der Waals surface area contributed by atoms with Gasteiger partial charge in [0.2, 0.25) is 0 Å². The van der Waals surface area contributed by atoms with Gasteiger partial charge in [-0.15, -0.1) is 0 Å². The van der Waals surface area contributed by atoms with Gasteiger partial charge in [0.25, 0.3) is 5.91 Å². The van der Waals surface area contributed by atoms with E-state index in [0.29, 0.717) is 22.1 Å². The van der Waals surface area contributed by atoms with Crippen molar-refractivity contribution in [2.45, 2.75) is 46.1 Å². The summed E-state index contributed by atoms with van der Waals surface area (Å²) in [6.45, 7) is 7.00. The van der Waals surface area contributed by atoms with Crippen molar-refractivity contribution in [1.82, 2.24) is 5.32 Å². The van der Waals surface area contributed by atoms with Gasteiger partial charge in [-0.3, -0.25) is 4.79 Å². The maximum absolute atomic E-state index is 12.3. The lowest BCUT2D eigenvalue weighted by atomic mass is 9.69. The molecule has 126 valence electrons. The van der Waals surface area contributed by atoms with E-state index in [0.717, 1.165) is 10.9 Å². The van der Waals surface area contributed by atoms with Crippen molar-refractivity contribution >= 4 is 33.4 Å². The smallest absolute Gasteiger partial charge is 0.258 e. The van der Waals surface area contributed by atoms with Crippen LogP contribution in [-0.2, 0) is 4.79 Å². The molecule has 5 heteroatoms. The zero-order valence-electron chi connectivity index (χ0n) is 13.8. The van der Waals surface area contributed by atoms with Gasteiger partial charge in [0.1, 0.15) is 5.75 Å². The highest BCUT2D eigenvalue weighted by Gasteiger charge is 2.61. The van der Waals surface area contributed by atoms with Crippen LogP contribution >= 0.6 is 27.5 Å². The first-order valence-corrected chi connectivity index (χ1v) is 9.28. The maximum atomic E-state index is 12.3. The molecule has 1 amide bonds. The largest absolute Gasteiger partial charge is 0.482 e. The Morgan fingerprint density at radius 1 is 1.43 bits per heavy atom. The van der Waals surface area contributed by atoms with Gasteiger partial charge >= 0.3 is 0 Å². The first-order valence-electron chi connectivity index (χ1n) is 8.11. The summed E-state index contributed by atoms with van der Waals surface area (Å²) in [7, 11) is 0. The number of hydrogen-bond acceptors (Lipinski definition) is 2. The number of hydrogen-bond donors (Lipinski definition) is 1. The SMILES string of the molecule is CC1(C)[C@H]2CC[C@@]1(C)[C@H](NC(=O)COc1ccc(Br)cc1Cl)C2. The van der Waals surface area contributed by atoms with Crippen LogP contribution in [0.25, 0.3) is 0 Å². The monoisotopic (exact) mass is 399 g/mol. The lowest BCUT2D eigenvalue weighted by Crippen LogP contribution is -2.48. The Hall–Kier alpha value is -0.740. The molecule has 2 fully saturated rings. The van der Waals surface area contributed by atoms with Gasteiger partial charge in [-0.25, -0.2) is 0 Å². The Labute approximate surface area is 151 Å². The van der Waals surface area contributed by atoms with E-state index in [1.807, 2.05) is 6.07 Å². The summed E-state index contributed by atoms with van der Waals surface area (Å²) >= 11 is 9.46. The molecular formula is C18H23BrClNO2. The van der Waals surface area contributed by atoms with Crippen molar-refractivity contribution in [2.24, 2.45) is 16.7 Å². The molecule has 0 aliphatic heterocycles. The molecule has 2 aliphatic rings. The molecule has 0 radical (unpaired) electrons. The summed E-state index contributed by atoms with van der Waals surface area (Å²) in [6, 6.07) is 5.61. The zero-order chi connectivity index (χ0) is 16.8. The lowest BCUT2D eigenvalue weighted by molar-refractivity contribution is -0.124. The Morgan fingerprint density at radius 3 is 2.74 bits per heavy atom. The molecule has 3 rings (SSSR count). The molecule has 23 heavy (non-hydrogen) atoms. The molecule has 3 nitrogen and oxygen atoms in total. The van der Waals surface area contributed by atoms with E-state index < -0.39 is 0 Å². The number of nitrogens with one attached hydrogen (secondary N) is 1. The summed E-state index contributed by atoms with van der Waals surface area (Å²) in [5, 5.41) is 3.69. The fourth-order valence-corrected chi connectivity index (χ4v) is 5.12. The number of benzene rings is 1. The topological polar surface area (TPSA) is 38.3 Å². The molecule has 2 saturated carbocycles. The fourth-order valence-electron chi connectivity index (χ4n) is 4.39. The number of fused-ring (bicyclic) bond motifs is 2. The summed E-state index contributed by atoms with van der Waals surface area (Å²) < 4.78 is 6.45. The Balaban J connectivity index is 1.58. The van der Waals surface area contributed by atoms with Crippen LogP contribution < -0.4 is 10.1 Å². The fraction of sp³-hybridized carbons (Fsp3) is 0.611. The molecule has 2 bridgehead atoms. The number of ether oxygens (including phenoxy) is 1. The van der Waals surface area contributed by atoms with E-state index in [1.165, 1.54) is 12.8 Å². The molecule has 1 aromatic carbocycles. The Kier molecular flexibility index (Phi) is 4.43. The second-order valence-electron chi connectivity index (χ2n) is 7.59. The van der Waals surface area contributed by atoms with Crippen LogP contribution in [0.4, 0.5) is 0 Å². The highest BCUT2D eigenvalue weighted by molar-refractivity contribution is 9.10. The summed E-state index contributed by atoms with van der Waals surface area (Å²) in [4.78, 5) is 12.3. The summed E-state index contributed by atoms with van der Waals surface area (Å²) in [5.41, 5.74) is 0.476. The van der Waals surface area contributed by atoms with Crippen molar-refractivity contribution in [3.63, 3.8) is 0 Å². The molecule has 0 aromatic heterocycles. The van der Waals surface area contributed by atoms with Gasteiger partial charge in [0, 0.05) is 10.5 Å². The van der Waals surface area contributed by atoms with Gasteiger partial charge in [-0.05, 0) is 54.2 Å². The standard InChI is InChI=1S/C18H23BrClNO2/c1-17(2)11-6-7-18(17,3)15(8-11)21-16(22)10-23-14-5-4-12(19)9-13(14)20/h4-5,9,11,15H,6-8,10H2,1-3H3,(H,21,22)/t11-,15+,18-/m0/s1. The molecule has 0 heterocycles. The zero-order valence-corrected chi connectivity index (χ0v) is 16.1. The van der Waals surface area contributed by atoms with Crippen LogP contribution in [-0.4, -0.2) is 18.6 Å². The van der Waals surface area contributed by atoms with Crippen molar-refractivity contribution in [2.75, 3.05) is 6.61 Å². The van der Waals surface area contributed by atoms with Gasteiger partial charge in [-0.1, -0.05) is 48.3 Å². The molecule has 0 unspecified atom stereocenters. The summed E-state index contributed by atoms with van der Waals surface area (Å²) in [5.74, 6) is 1.17. The van der Waals surface area contributed by atoms with Crippen LogP contribution in [0.2, 0.25) is 5.02 Å². The highest BCUT2D eigenvalue weighted by Crippen LogP contribution is 2.65. The van der Waals surface area contributed by atoms with E-state index in [2.05, 4.69) is 42.0 Å². The average molecular weight is 401 g/mol. The van der Waals surface area contributed by atoms with Crippen molar-refractivity contribution in [1.29, 1.82) is 0 Å². The van der Waals surface area contributed by atoms with Crippen molar-refractivity contribution in [3.8, 4) is 5.75 Å². The van der Waals surface area contributed by atoms with E-state index in [9.17, 15) is 4.79 Å². The van der Waals surface area contributed by atoms with Crippen LogP contribution in [0.1, 0.15) is 40.0 Å². The average Bonchev–Trinajstić information content (AvgIpc) is 2.79. The first kappa shape index (κ1) is 17.1. The predicted octanol–water partition coefficient (Wildman–Crippen LogP) is 4.81. The minimum atomic E-state index is -0.0708. The third-order valence-electron chi connectivity index (χ3n) is 6.38. The Bertz CT molecular complexity index is 633. The van der Waals surface area contributed by atoms with E-state index in [1.54, 1.807) is 12.1 Å². The molecule has 0 saturated heterocycles. The van der Waals surface area contributed by atoms with Gasteiger partial charge in [0.05, 0.1) is 5.02 Å². The van der Waals surface area contributed by atoms with E-state index in [4.69, 9.17) is 16.3 Å². The quantitative estimate of drug-likeness (QED) is 0.787. The number of carbonyl (C=O) groups is 1. The molecule has 0 spiro atoms. The molecular weight excluding hydrogens is 378 g/mol. The van der Waals surface area contributed by atoms with Crippen LogP contribution in [0.3, 0.4) is 0 Å². The van der Waals surface area contributed by atoms with Crippen LogP contribution in [0.15, 0.2) is 22.7 Å². The predicted molar refractivity (Wildman–Crippen MR) is 95.8 cm³/mol. The van der Waals surface area contributed by atoms with E-state index >= 15 is 0 Å². The normalized spacial score (nSPS) is 31.2. The highest BCUT2D eigenvalue weighted by atomic mass is 79.9. The van der Waals surface area contributed by atoms with Crippen LogP contribution in [0, 0.1) is 16.7 Å². The number of halogens is 2. The second kappa shape index (κ2) is 5.96. The van der Waals surface area contributed by atoms with Gasteiger partial charge in [-0.2, -0.15) is 0 Å². The van der Waals surface area contributed by atoms with Gasteiger partial charge in [0.15, 0.2) is 6.61 Å². The van der Waals surface area contributed by atoms with E-state index in [-0.39, 0.29) is 24.0 Å². The molecule has 1 aromatic rings. The maximum Gasteiger partial charge on any atom is 0.258 e. The molecule has 2 aliphatic carbocycles. The number of carbonyl (C=O) groups excluding carboxylic acids is 1. The van der Waals surface area contributed by atoms with Crippen molar-refractivity contribution in [3.05, 3.63) is 27.7 Å². The first-order chi connectivity index (χ1) is 10.7. The van der Waals surface area contributed by atoms with Crippen LogP contribution in [0.5, 0.6) is 5.75 Å². The number of rotatable bonds is 4. The second-order valence-corrected chi connectivity index (χ2v) is 8.92. The minimum absolute atomic E-state index is 0.000965. The van der Waals surface area contributed by atoms with Crippen molar-refractivity contribution < 1.29 is 9.53 Å². The molecule has 1 N–H and O–H groups in total. The van der Waals surface area contributed by atoms with Gasteiger partial charge < -0.3 is 10.1 Å². The molecule has 3 atom stereocenters.